The summed E-state index contributed by atoms with van der Waals surface area (Å²) in [5.74, 6) is -3.85. The van der Waals surface area contributed by atoms with E-state index in [0.29, 0.717) is 96.2 Å². The van der Waals surface area contributed by atoms with Crippen LogP contribution in [0.5, 0.6) is 46.0 Å². The molecule has 0 spiro atoms. The third-order valence-electron chi connectivity index (χ3n) is 12.2. The molecule has 2 unspecified atom stereocenters. The molecule has 8 bridgehead atoms. The van der Waals surface area contributed by atoms with Crippen molar-refractivity contribution in [2.75, 3.05) is 13.2 Å². The fraction of sp³-hybridized carbons (Fsp3) is 0.538. The van der Waals surface area contributed by atoms with E-state index in [-0.39, 0.29) is 94.0 Å². The summed E-state index contributed by atoms with van der Waals surface area (Å²) in [4.78, 5) is 0. The van der Waals surface area contributed by atoms with Crippen LogP contribution in [0.25, 0.3) is 0 Å². The Labute approximate surface area is 368 Å². The number of fused-ring (bicyclic) bond motifs is 8. The number of aromatic hydroxyl groups is 8. The van der Waals surface area contributed by atoms with Crippen LogP contribution in [0.3, 0.4) is 0 Å². The van der Waals surface area contributed by atoms with E-state index in [0.717, 1.165) is 0 Å². The second kappa shape index (κ2) is 20.6. The van der Waals surface area contributed by atoms with Gasteiger partial charge in [-0.05, 0) is 86.5 Å². The Kier molecular flexibility index (Phi) is 16.0. The Morgan fingerprint density at radius 1 is 0.371 bits per heavy atom. The van der Waals surface area contributed by atoms with E-state index in [1.165, 1.54) is 12.1 Å². The average molecular weight is 857 g/mol. The zero-order valence-electron chi connectivity index (χ0n) is 38.5. The Hall–Kier alpha value is -4.80. The highest BCUT2D eigenvalue weighted by atomic mass is 16.5. The van der Waals surface area contributed by atoms with E-state index in [1.807, 2.05) is 55.4 Å². The molecule has 0 aliphatic heterocycles. The number of ether oxygens (including phenoxy) is 2. The van der Waals surface area contributed by atoms with Crippen LogP contribution < -0.4 is 0 Å². The number of hydrogen-bond acceptors (Lipinski definition) is 10. The monoisotopic (exact) mass is 857 g/mol. The first-order valence-electron chi connectivity index (χ1n) is 22.7. The molecule has 0 radical (unpaired) electrons. The predicted octanol–water partition coefficient (Wildman–Crippen LogP) is 12.2. The zero-order valence-corrected chi connectivity index (χ0v) is 38.5. The lowest BCUT2D eigenvalue weighted by atomic mass is 9.74. The van der Waals surface area contributed by atoms with Gasteiger partial charge in [-0.1, -0.05) is 69.2 Å². The van der Waals surface area contributed by atoms with Crippen LogP contribution >= 0.6 is 0 Å². The molecular weight excluding hydrogens is 785 g/mol. The molecule has 0 saturated heterocycles. The summed E-state index contributed by atoms with van der Waals surface area (Å²) in [7, 11) is 0. The van der Waals surface area contributed by atoms with Crippen molar-refractivity contribution in [1.82, 2.24) is 0 Å². The molecule has 1 aliphatic carbocycles. The van der Waals surface area contributed by atoms with E-state index >= 15 is 0 Å². The first-order valence-corrected chi connectivity index (χ1v) is 22.7. The fourth-order valence-corrected chi connectivity index (χ4v) is 9.41. The van der Waals surface area contributed by atoms with E-state index in [4.69, 9.17) is 9.47 Å². The molecule has 62 heavy (non-hydrogen) atoms. The van der Waals surface area contributed by atoms with Gasteiger partial charge in [-0.3, -0.25) is 0 Å². The molecule has 4 aromatic rings. The Morgan fingerprint density at radius 2 is 0.597 bits per heavy atom. The Bertz CT molecular complexity index is 2030. The molecule has 8 N–H and O–H groups in total. The summed E-state index contributed by atoms with van der Waals surface area (Å²) in [6, 6.07) is 9.74. The second-order valence-corrected chi connectivity index (χ2v) is 19.2. The van der Waals surface area contributed by atoms with Crippen molar-refractivity contribution >= 4 is 0 Å². The highest BCUT2D eigenvalue weighted by Gasteiger charge is 2.36. The number of hydrogen-bond donors (Lipinski definition) is 8. The molecule has 0 fully saturated rings. The fourth-order valence-electron chi connectivity index (χ4n) is 9.41. The zero-order chi connectivity index (χ0) is 45.7. The second-order valence-electron chi connectivity index (χ2n) is 19.2. The average Bonchev–Trinajstić information content (AvgIpc) is 3.18. The Morgan fingerprint density at radius 3 is 0.839 bits per heavy atom. The standard InChI is InChI=1S/C52H72O10/c1-11-13-61-25-43-49(57)39-21-41(51(43)59)34(18-30(9)10)42-22-40(50(58)44(52(42)60)26-62-14-12-2)33(17-29(7)8)38-20-36(46(54)24-48(38)56)31(15-27(3)4)35-19-37(32(39)16-28(5)6)47(55)23-45(35)53/h19-24,27-34,53-60H,11-18,25-26H2,1-10H3/t31?,32-,33+,34?. The van der Waals surface area contributed by atoms with E-state index in [9.17, 15) is 40.9 Å². The minimum atomic E-state index is -0.695. The molecule has 0 aromatic heterocycles. The number of phenols is 8. The first kappa shape index (κ1) is 48.2. The van der Waals surface area contributed by atoms with Crippen LogP contribution in [0.15, 0.2) is 36.4 Å². The first-order chi connectivity index (χ1) is 29.3. The van der Waals surface area contributed by atoms with Crippen LogP contribution in [0, 0.1) is 23.7 Å². The van der Waals surface area contributed by atoms with Gasteiger partial charge in [0, 0.05) is 93.5 Å². The van der Waals surface area contributed by atoms with Crippen LogP contribution in [-0.4, -0.2) is 54.1 Å². The highest BCUT2D eigenvalue weighted by Crippen LogP contribution is 2.55. The molecular formula is C52H72O10. The summed E-state index contributed by atoms with van der Waals surface area (Å²) in [6.07, 6.45) is 3.22. The van der Waals surface area contributed by atoms with Gasteiger partial charge >= 0.3 is 0 Å². The smallest absolute Gasteiger partial charge is 0.128 e. The normalized spacial score (nSPS) is 17.8. The van der Waals surface area contributed by atoms with Crippen LogP contribution in [0.2, 0.25) is 0 Å². The third-order valence-corrected chi connectivity index (χ3v) is 12.2. The van der Waals surface area contributed by atoms with Gasteiger partial charge in [0.2, 0.25) is 0 Å². The molecule has 0 amide bonds. The van der Waals surface area contributed by atoms with Gasteiger partial charge in [-0.25, -0.2) is 0 Å². The van der Waals surface area contributed by atoms with Gasteiger partial charge < -0.3 is 50.3 Å². The third kappa shape index (κ3) is 10.3. The number of benzene rings is 4. The number of rotatable bonds is 16. The molecule has 4 atom stereocenters. The molecule has 10 nitrogen and oxygen atoms in total. The molecule has 0 heterocycles. The molecule has 5 rings (SSSR count). The lowest BCUT2D eigenvalue weighted by molar-refractivity contribution is 0.117. The summed E-state index contributed by atoms with van der Waals surface area (Å²) < 4.78 is 12.0. The summed E-state index contributed by atoms with van der Waals surface area (Å²) in [5, 5.41) is 96.8. The van der Waals surface area contributed by atoms with Crippen LogP contribution in [0.4, 0.5) is 0 Å². The maximum atomic E-state index is 12.4. The van der Waals surface area contributed by atoms with Gasteiger partial charge in [-0.15, -0.1) is 0 Å². The van der Waals surface area contributed by atoms with Crippen molar-refractivity contribution in [3.8, 4) is 46.0 Å². The molecule has 1 aliphatic rings. The minimum absolute atomic E-state index is 0.0294. The summed E-state index contributed by atoms with van der Waals surface area (Å²) >= 11 is 0. The topological polar surface area (TPSA) is 180 Å². The molecule has 10 heteroatoms. The largest absolute Gasteiger partial charge is 0.508 e. The minimum Gasteiger partial charge on any atom is -0.508 e. The molecule has 340 valence electrons. The summed E-state index contributed by atoms with van der Waals surface area (Å²) in [6.45, 7) is 20.9. The van der Waals surface area contributed by atoms with Crippen LogP contribution in [-0.2, 0) is 22.7 Å². The van der Waals surface area contributed by atoms with Crippen molar-refractivity contribution in [2.24, 2.45) is 23.7 Å². The van der Waals surface area contributed by atoms with Gasteiger partial charge in [0.05, 0.1) is 24.3 Å². The van der Waals surface area contributed by atoms with Crippen molar-refractivity contribution in [3.63, 3.8) is 0 Å². The maximum Gasteiger partial charge on any atom is 0.128 e. The lowest BCUT2D eigenvalue weighted by Crippen LogP contribution is -2.15. The van der Waals surface area contributed by atoms with Crippen molar-refractivity contribution in [3.05, 3.63) is 92.0 Å². The van der Waals surface area contributed by atoms with E-state index < -0.39 is 23.7 Å². The van der Waals surface area contributed by atoms with Crippen molar-refractivity contribution < 1.29 is 50.3 Å². The quantitative estimate of drug-likeness (QED) is 0.0505. The van der Waals surface area contributed by atoms with Crippen LogP contribution in [0.1, 0.15) is 187 Å². The predicted molar refractivity (Wildman–Crippen MR) is 244 cm³/mol. The van der Waals surface area contributed by atoms with E-state index in [2.05, 4.69) is 13.8 Å². The molecule has 4 aromatic carbocycles. The van der Waals surface area contributed by atoms with Gasteiger partial charge in [0.25, 0.3) is 0 Å². The van der Waals surface area contributed by atoms with Gasteiger partial charge in [0.15, 0.2) is 0 Å². The highest BCUT2D eigenvalue weighted by molar-refractivity contribution is 5.65. The van der Waals surface area contributed by atoms with Gasteiger partial charge in [0.1, 0.15) is 46.0 Å². The number of phenolic OH excluding ortho intramolecular Hbond substituents is 8. The van der Waals surface area contributed by atoms with Crippen molar-refractivity contribution in [1.29, 1.82) is 0 Å². The van der Waals surface area contributed by atoms with Crippen molar-refractivity contribution in [2.45, 2.75) is 145 Å². The van der Waals surface area contributed by atoms with E-state index in [1.54, 1.807) is 24.3 Å². The maximum absolute atomic E-state index is 12.4. The summed E-state index contributed by atoms with van der Waals surface area (Å²) in [5.41, 5.74) is 3.89. The SMILES string of the molecule is CCCOCc1c(O)c2cc(c1O)[C@H](CC(C)C)c1cc(c(O)cc1O)C(CC(C)C)c1cc(c(O)cc1O)[C@H](CC(C)C)c1cc(c(O)c(COCCC)c1O)C2CC(C)C. The Balaban J connectivity index is 2.08. The van der Waals surface area contributed by atoms with Gasteiger partial charge in [-0.2, -0.15) is 0 Å². The lowest BCUT2D eigenvalue weighted by Gasteiger charge is -2.32. The molecule has 0 saturated carbocycles.